The molecule has 0 aromatic carbocycles. The number of aryl methyl sites for hydroxylation is 1. The molecule has 17 heavy (non-hydrogen) atoms. The summed E-state index contributed by atoms with van der Waals surface area (Å²) < 4.78 is 0. The molecule has 0 aliphatic heterocycles. The van der Waals surface area contributed by atoms with Gasteiger partial charge < -0.3 is 10.8 Å². The summed E-state index contributed by atoms with van der Waals surface area (Å²) in [6.45, 7) is 1.77. The monoisotopic (exact) mass is 251 g/mol. The van der Waals surface area contributed by atoms with Crippen molar-refractivity contribution in [1.29, 1.82) is 0 Å². The number of nitrogens with two attached hydrogens (primary N) is 1. The summed E-state index contributed by atoms with van der Waals surface area (Å²) in [6, 6.07) is 1.35. The molecule has 0 saturated heterocycles. The van der Waals surface area contributed by atoms with Gasteiger partial charge in [-0.15, -0.1) is 5.10 Å². The normalized spacial score (nSPS) is 10.4. The van der Waals surface area contributed by atoms with Crippen molar-refractivity contribution in [2.24, 2.45) is 0 Å². The molecular weight excluding hydrogens is 242 g/mol. The number of hydrogen-bond donors (Lipinski definition) is 3. The summed E-state index contributed by atoms with van der Waals surface area (Å²) in [4.78, 5) is 19.0. The Balaban J connectivity index is 2.33. The summed E-state index contributed by atoms with van der Waals surface area (Å²) in [6.07, 6.45) is 1.39. The zero-order valence-corrected chi connectivity index (χ0v) is 9.65. The molecule has 0 bridgehead atoms. The zero-order chi connectivity index (χ0) is 12.4. The highest BCUT2D eigenvalue weighted by atomic mass is 32.2. The Morgan fingerprint density at radius 2 is 2.35 bits per heavy atom. The second-order valence-electron chi connectivity index (χ2n) is 3.19. The van der Waals surface area contributed by atoms with Crippen molar-refractivity contribution in [2.75, 3.05) is 5.73 Å². The van der Waals surface area contributed by atoms with E-state index in [1.54, 1.807) is 6.92 Å². The highest BCUT2D eigenvalue weighted by Crippen LogP contribution is 2.29. The van der Waals surface area contributed by atoms with Crippen LogP contribution < -0.4 is 5.73 Å². The van der Waals surface area contributed by atoms with E-state index in [9.17, 15) is 4.79 Å². The van der Waals surface area contributed by atoms with E-state index in [4.69, 9.17) is 10.8 Å². The first kappa shape index (κ1) is 11.4. The molecule has 8 heteroatoms. The number of H-pyrrole nitrogens is 1. The van der Waals surface area contributed by atoms with Gasteiger partial charge in [0.2, 0.25) is 5.16 Å². The van der Waals surface area contributed by atoms with Gasteiger partial charge in [0.25, 0.3) is 0 Å². The summed E-state index contributed by atoms with van der Waals surface area (Å²) in [5, 5.41) is 16.3. The van der Waals surface area contributed by atoms with E-state index >= 15 is 0 Å². The van der Waals surface area contributed by atoms with Crippen molar-refractivity contribution in [3.63, 3.8) is 0 Å². The molecular formula is C9H9N5O2S. The van der Waals surface area contributed by atoms with Crippen LogP contribution in [-0.2, 0) is 0 Å². The summed E-state index contributed by atoms with van der Waals surface area (Å²) in [7, 11) is 0. The number of nitrogens with zero attached hydrogens (tertiary/aromatic N) is 3. The van der Waals surface area contributed by atoms with Crippen molar-refractivity contribution < 1.29 is 9.90 Å². The first-order chi connectivity index (χ1) is 8.08. The standard InChI is InChI=1S/C9H9N5O2S/c1-4-12-9(14-13-4)17-7-6(10)5(8(15)16)2-3-11-7/h2-3H,10H2,1H3,(H,15,16)(H,12,13,14). The van der Waals surface area contributed by atoms with Crippen LogP contribution in [0.4, 0.5) is 5.69 Å². The van der Waals surface area contributed by atoms with Crippen molar-refractivity contribution in [2.45, 2.75) is 17.1 Å². The second kappa shape index (κ2) is 4.42. The average molecular weight is 251 g/mol. The van der Waals surface area contributed by atoms with Crippen LogP contribution in [-0.4, -0.2) is 31.2 Å². The molecule has 4 N–H and O–H groups in total. The summed E-state index contributed by atoms with van der Waals surface area (Å²) >= 11 is 1.11. The van der Waals surface area contributed by atoms with Crippen molar-refractivity contribution >= 4 is 23.4 Å². The highest BCUT2D eigenvalue weighted by Gasteiger charge is 2.14. The number of aromatic amines is 1. The molecule has 2 heterocycles. The zero-order valence-electron chi connectivity index (χ0n) is 8.84. The van der Waals surface area contributed by atoms with E-state index in [0.29, 0.717) is 16.0 Å². The smallest absolute Gasteiger partial charge is 0.337 e. The van der Waals surface area contributed by atoms with Crippen LogP contribution in [0.15, 0.2) is 22.4 Å². The molecule has 0 amide bonds. The minimum Gasteiger partial charge on any atom is -0.478 e. The van der Waals surface area contributed by atoms with E-state index in [1.807, 2.05) is 0 Å². The number of hydrogen-bond acceptors (Lipinski definition) is 6. The molecule has 7 nitrogen and oxygen atoms in total. The second-order valence-corrected chi connectivity index (χ2v) is 4.14. The molecule has 2 aromatic heterocycles. The van der Waals surface area contributed by atoms with Gasteiger partial charge in [-0.3, -0.25) is 5.10 Å². The van der Waals surface area contributed by atoms with Crippen molar-refractivity contribution in [3.05, 3.63) is 23.7 Å². The van der Waals surface area contributed by atoms with Crippen LogP contribution in [0.25, 0.3) is 0 Å². The quantitative estimate of drug-likeness (QED) is 0.742. The van der Waals surface area contributed by atoms with E-state index in [0.717, 1.165) is 11.8 Å². The molecule has 0 unspecified atom stereocenters. The number of nitrogen functional groups attached to an aromatic ring is 1. The molecule has 2 rings (SSSR count). The minimum atomic E-state index is -1.09. The van der Waals surface area contributed by atoms with Gasteiger partial charge in [-0.1, -0.05) is 0 Å². The number of carbonyl (C=O) groups is 1. The largest absolute Gasteiger partial charge is 0.478 e. The number of nitrogens with one attached hydrogen (secondary N) is 1. The lowest BCUT2D eigenvalue weighted by atomic mass is 10.2. The maximum atomic E-state index is 10.9. The van der Waals surface area contributed by atoms with Crippen LogP contribution in [0.3, 0.4) is 0 Å². The van der Waals surface area contributed by atoms with Gasteiger partial charge in [-0.25, -0.2) is 14.8 Å². The van der Waals surface area contributed by atoms with E-state index in [2.05, 4.69) is 20.2 Å². The fourth-order valence-corrected chi connectivity index (χ4v) is 1.96. The Morgan fingerprint density at radius 1 is 1.59 bits per heavy atom. The number of aromatic carboxylic acids is 1. The molecule has 0 aliphatic carbocycles. The van der Waals surface area contributed by atoms with Crippen molar-refractivity contribution in [3.8, 4) is 0 Å². The lowest BCUT2D eigenvalue weighted by molar-refractivity contribution is 0.0697. The molecule has 0 fully saturated rings. The first-order valence-electron chi connectivity index (χ1n) is 4.62. The van der Waals surface area contributed by atoms with Gasteiger partial charge in [-0.2, -0.15) is 0 Å². The molecule has 0 atom stereocenters. The van der Waals surface area contributed by atoms with E-state index in [-0.39, 0.29) is 11.3 Å². The van der Waals surface area contributed by atoms with E-state index < -0.39 is 5.97 Å². The van der Waals surface area contributed by atoms with Crippen molar-refractivity contribution in [1.82, 2.24) is 20.2 Å². The third kappa shape index (κ3) is 2.36. The SMILES string of the molecule is Cc1nc(Sc2nccc(C(=O)O)c2N)n[nH]1. The maximum absolute atomic E-state index is 10.9. The van der Waals surface area contributed by atoms with Crippen LogP contribution in [0.2, 0.25) is 0 Å². The number of pyridine rings is 1. The van der Waals surface area contributed by atoms with E-state index in [1.165, 1.54) is 12.3 Å². The highest BCUT2D eigenvalue weighted by molar-refractivity contribution is 7.99. The Hall–Kier alpha value is -2.09. The lowest BCUT2D eigenvalue weighted by Gasteiger charge is -2.04. The molecule has 0 saturated carbocycles. The van der Waals surface area contributed by atoms with Gasteiger partial charge in [0.1, 0.15) is 10.9 Å². The number of anilines is 1. The Labute approximate surface area is 100 Å². The molecule has 0 aliphatic rings. The van der Waals surface area contributed by atoms with Gasteiger partial charge in [0.05, 0.1) is 11.3 Å². The third-order valence-electron chi connectivity index (χ3n) is 1.95. The van der Waals surface area contributed by atoms with Gasteiger partial charge in [0, 0.05) is 6.20 Å². The molecule has 0 radical (unpaired) electrons. The topological polar surface area (TPSA) is 118 Å². The van der Waals surface area contributed by atoms with Gasteiger partial charge in [-0.05, 0) is 24.8 Å². The van der Waals surface area contributed by atoms with Crippen LogP contribution >= 0.6 is 11.8 Å². The Bertz CT molecular complexity index is 568. The van der Waals surface area contributed by atoms with Crippen LogP contribution in [0.1, 0.15) is 16.2 Å². The van der Waals surface area contributed by atoms with Crippen LogP contribution in [0.5, 0.6) is 0 Å². The minimum absolute atomic E-state index is 0.0229. The summed E-state index contributed by atoms with van der Waals surface area (Å²) in [5.74, 6) is -0.418. The molecule has 2 aromatic rings. The van der Waals surface area contributed by atoms with Crippen LogP contribution in [0, 0.1) is 6.92 Å². The maximum Gasteiger partial charge on any atom is 0.337 e. The Morgan fingerprint density at radius 3 is 2.94 bits per heavy atom. The predicted molar refractivity (Wildman–Crippen MR) is 60.9 cm³/mol. The molecule has 88 valence electrons. The number of carboxylic acid groups (broad SMARTS) is 1. The first-order valence-corrected chi connectivity index (χ1v) is 5.44. The molecule has 0 spiro atoms. The number of aromatic nitrogens is 4. The Kier molecular flexibility index (Phi) is 2.96. The third-order valence-corrected chi connectivity index (χ3v) is 2.83. The predicted octanol–water partition coefficient (Wildman–Crippen LogP) is 0.940. The lowest BCUT2D eigenvalue weighted by Crippen LogP contribution is -2.04. The fraction of sp³-hybridized carbons (Fsp3) is 0.111. The fourth-order valence-electron chi connectivity index (χ4n) is 1.18. The number of rotatable bonds is 3. The van der Waals surface area contributed by atoms with Gasteiger partial charge >= 0.3 is 5.97 Å². The van der Waals surface area contributed by atoms with Gasteiger partial charge in [0.15, 0.2) is 0 Å². The summed E-state index contributed by atoms with van der Waals surface area (Å²) in [5.41, 5.74) is 5.85. The average Bonchev–Trinajstić information content (AvgIpc) is 2.67. The number of carboxylic acids is 1.